The Morgan fingerprint density at radius 3 is 2.59 bits per heavy atom. The van der Waals surface area contributed by atoms with Gasteiger partial charge in [-0.25, -0.2) is 0 Å². The minimum Gasteiger partial charge on any atom is -0.480 e. The Hall–Kier alpha value is -1.88. The number of carboxylic acid groups (broad SMARTS) is 1. The summed E-state index contributed by atoms with van der Waals surface area (Å²) < 4.78 is 0. The molecule has 0 aliphatic carbocycles. The zero-order chi connectivity index (χ0) is 12.8. The number of carboxylic acids is 1. The van der Waals surface area contributed by atoms with E-state index in [4.69, 9.17) is 5.11 Å². The first-order chi connectivity index (χ1) is 7.99. The molecule has 0 atom stereocenters. The van der Waals surface area contributed by atoms with Crippen LogP contribution in [0.1, 0.15) is 11.1 Å². The highest BCUT2D eigenvalue weighted by atomic mass is 16.4. The normalized spacial score (nSPS) is 10.0. The van der Waals surface area contributed by atoms with Crippen molar-refractivity contribution in [2.24, 2.45) is 0 Å². The third-order valence-corrected chi connectivity index (χ3v) is 2.23. The second kappa shape index (κ2) is 6.00. The Labute approximate surface area is 99.8 Å². The Morgan fingerprint density at radius 2 is 1.94 bits per heavy atom. The predicted molar refractivity (Wildman–Crippen MR) is 65.1 cm³/mol. The zero-order valence-corrected chi connectivity index (χ0v) is 9.91. The van der Waals surface area contributed by atoms with E-state index in [-0.39, 0.29) is 19.0 Å². The second-order valence-electron chi connectivity index (χ2n) is 3.86. The fourth-order valence-electron chi connectivity index (χ4n) is 1.35. The lowest BCUT2D eigenvalue weighted by Gasteiger charge is -2.09. The van der Waals surface area contributed by atoms with Crippen LogP contribution in [0.5, 0.6) is 0 Å². The van der Waals surface area contributed by atoms with E-state index < -0.39 is 5.97 Å². The molecule has 0 heterocycles. The van der Waals surface area contributed by atoms with E-state index in [1.54, 1.807) is 0 Å². The Bertz CT molecular complexity index is 430. The molecule has 0 radical (unpaired) electrons. The largest absolute Gasteiger partial charge is 0.480 e. The van der Waals surface area contributed by atoms with Crippen LogP contribution in [-0.4, -0.2) is 30.1 Å². The van der Waals surface area contributed by atoms with Crippen LogP contribution in [0.25, 0.3) is 0 Å². The number of anilines is 1. The predicted octanol–water partition coefficient (Wildman–Crippen LogP) is 0.916. The van der Waals surface area contributed by atoms with Crippen molar-refractivity contribution < 1.29 is 14.7 Å². The molecule has 0 bridgehead atoms. The molecule has 1 aromatic carbocycles. The maximum Gasteiger partial charge on any atom is 0.317 e. The van der Waals surface area contributed by atoms with E-state index in [0.29, 0.717) is 0 Å². The van der Waals surface area contributed by atoms with Crippen molar-refractivity contribution in [3.8, 4) is 0 Å². The van der Waals surface area contributed by atoms with Crippen molar-refractivity contribution in [2.45, 2.75) is 13.8 Å². The van der Waals surface area contributed by atoms with Gasteiger partial charge in [0, 0.05) is 5.69 Å². The van der Waals surface area contributed by atoms with E-state index in [1.807, 2.05) is 32.0 Å². The number of aliphatic carboxylic acids is 1. The first kappa shape index (κ1) is 13.2. The van der Waals surface area contributed by atoms with Gasteiger partial charge in [0.1, 0.15) is 0 Å². The number of hydrogen-bond donors (Lipinski definition) is 3. The lowest BCUT2D eigenvalue weighted by molar-refractivity contribution is -0.135. The van der Waals surface area contributed by atoms with Crippen LogP contribution in [0.15, 0.2) is 18.2 Å². The molecule has 5 nitrogen and oxygen atoms in total. The number of benzene rings is 1. The lowest BCUT2D eigenvalue weighted by Crippen LogP contribution is -2.31. The SMILES string of the molecule is Cc1ccc(C)c(NC(=O)CNCC(=O)O)c1. The van der Waals surface area contributed by atoms with Gasteiger partial charge in [-0.15, -0.1) is 0 Å². The van der Waals surface area contributed by atoms with Crippen molar-refractivity contribution in [1.29, 1.82) is 0 Å². The summed E-state index contributed by atoms with van der Waals surface area (Å²) in [6.07, 6.45) is 0. The van der Waals surface area contributed by atoms with Crippen LogP contribution in [-0.2, 0) is 9.59 Å². The number of amides is 1. The van der Waals surface area contributed by atoms with E-state index in [9.17, 15) is 9.59 Å². The minimum absolute atomic E-state index is 0.0142. The van der Waals surface area contributed by atoms with Gasteiger partial charge >= 0.3 is 5.97 Å². The summed E-state index contributed by atoms with van der Waals surface area (Å²) in [5.41, 5.74) is 2.79. The molecular weight excluding hydrogens is 220 g/mol. The molecule has 0 saturated carbocycles. The molecule has 1 aromatic rings. The average Bonchev–Trinajstić information content (AvgIpc) is 2.23. The van der Waals surface area contributed by atoms with Gasteiger partial charge in [0.15, 0.2) is 0 Å². The molecule has 0 saturated heterocycles. The fourth-order valence-corrected chi connectivity index (χ4v) is 1.35. The third-order valence-electron chi connectivity index (χ3n) is 2.23. The molecule has 1 rings (SSSR count). The van der Waals surface area contributed by atoms with Gasteiger partial charge < -0.3 is 10.4 Å². The average molecular weight is 236 g/mol. The van der Waals surface area contributed by atoms with Crippen LogP contribution in [0, 0.1) is 13.8 Å². The highest BCUT2D eigenvalue weighted by Crippen LogP contribution is 2.15. The van der Waals surface area contributed by atoms with Gasteiger partial charge in [0.2, 0.25) is 5.91 Å². The fraction of sp³-hybridized carbons (Fsp3) is 0.333. The maximum atomic E-state index is 11.5. The number of carbonyl (C=O) groups is 2. The van der Waals surface area contributed by atoms with Gasteiger partial charge in [-0.2, -0.15) is 0 Å². The van der Waals surface area contributed by atoms with Crippen molar-refractivity contribution in [1.82, 2.24) is 5.32 Å². The molecule has 3 N–H and O–H groups in total. The Kier molecular flexibility index (Phi) is 4.66. The number of carbonyl (C=O) groups excluding carboxylic acids is 1. The molecule has 0 aliphatic heterocycles. The number of hydrogen-bond acceptors (Lipinski definition) is 3. The smallest absolute Gasteiger partial charge is 0.317 e. The van der Waals surface area contributed by atoms with E-state index >= 15 is 0 Å². The molecule has 1 amide bonds. The van der Waals surface area contributed by atoms with Crippen LogP contribution in [0.4, 0.5) is 5.69 Å². The summed E-state index contributed by atoms with van der Waals surface area (Å²) in [4.78, 5) is 21.7. The first-order valence-corrected chi connectivity index (χ1v) is 5.28. The van der Waals surface area contributed by atoms with E-state index in [1.165, 1.54) is 0 Å². The molecule has 0 aliphatic rings. The summed E-state index contributed by atoms with van der Waals surface area (Å²) in [5, 5.41) is 13.7. The van der Waals surface area contributed by atoms with E-state index in [0.717, 1.165) is 16.8 Å². The van der Waals surface area contributed by atoms with Crippen LogP contribution in [0.2, 0.25) is 0 Å². The van der Waals surface area contributed by atoms with Gasteiger partial charge in [-0.3, -0.25) is 14.9 Å². The van der Waals surface area contributed by atoms with E-state index in [2.05, 4.69) is 10.6 Å². The molecule has 0 unspecified atom stereocenters. The topological polar surface area (TPSA) is 78.4 Å². The maximum absolute atomic E-state index is 11.5. The van der Waals surface area contributed by atoms with Crippen molar-refractivity contribution in [2.75, 3.05) is 18.4 Å². The molecule has 0 fully saturated rings. The molecule has 5 heteroatoms. The van der Waals surface area contributed by atoms with Crippen LogP contribution >= 0.6 is 0 Å². The quantitative estimate of drug-likeness (QED) is 0.710. The third kappa shape index (κ3) is 4.65. The summed E-state index contributed by atoms with van der Waals surface area (Å²) in [7, 11) is 0. The highest BCUT2D eigenvalue weighted by molar-refractivity contribution is 5.93. The molecular formula is C12H16N2O3. The Morgan fingerprint density at radius 1 is 1.24 bits per heavy atom. The summed E-state index contributed by atoms with van der Waals surface area (Å²) in [6, 6.07) is 5.77. The first-order valence-electron chi connectivity index (χ1n) is 5.28. The van der Waals surface area contributed by atoms with Crippen molar-refractivity contribution in [3.63, 3.8) is 0 Å². The molecule has 17 heavy (non-hydrogen) atoms. The Balaban J connectivity index is 2.50. The summed E-state index contributed by atoms with van der Waals surface area (Å²) >= 11 is 0. The van der Waals surface area contributed by atoms with Crippen LogP contribution < -0.4 is 10.6 Å². The highest BCUT2D eigenvalue weighted by Gasteiger charge is 2.05. The van der Waals surface area contributed by atoms with Crippen LogP contribution in [0.3, 0.4) is 0 Å². The summed E-state index contributed by atoms with van der Waals surface area (Å²) in [6.45, 7) is 3.61. The van der Waals surface area contributed by atoms with Crippen molar-refractivity contribution >= 4 is 17.6 Å². The van der Waals surface area contributed by atoms with Crippen molar-refractivity contribution in [3.05, 3.63) is 29.3 Å². The molecule has 0 spiro atoms. The van der Waals surface area contributed by atoms with Gasteiger partial charge in [0.25, 0.3) is 0 Å². The monoisotopic (exact) mass is 236 g/mol. The molecule has 0 aromatic heterocycles. The van der Waals surface area contributed by atoms with Gasteiger partial charge in [0.05, 0.1) is 13.1 Å². The molecule has 92 valence electrons. The lowest BCUT2D eigenvalue weighted by atomic mass is 10.1. The number of rotatable bonds is 5. The number of aryl methyl sites for hydroxylation is 2. The number of nitrogens with one attached hydrogen (secondary N) is 2. The zero-order valence-electron chi connectivity index (χ0n) is 9.91. The minimum atomic E-state index is -0.982. The van der Waals surface area contributed by atoms with Gasteiger partial charge in [-0.05, 0) is 31.0 Å². The summed E-state index contributed by atoms with van der Waals surface area (Å²) in [5.74, 6) is -1.23. The second-order valence-corrected chi connectivity index (χ2v) is 3.86. The van der Waals surface area contributed by atoms with Gasteiger partial charge in [-0.1, -0.05) is 12.1 Å². The standard InChI is InChI=1S/C12H16N2O3/c1-8-3-4-9(2)10(5-8)14-11(15)6-13-7-12(16)17/h3-5,13H,6-7H2,1-2H3,(H,14,15)(H,16,17).